The third kappa shape index (κ3) is 2.16. The number of hydrogen-bond acceptors (Lipinski definition) is 5. The number of phenols is 2. The van der Waals surface area contributed by atoms with Crippen molar-refractivity contribution < 1.29 is 19.7 Å². The molecule has 1 aromatic rings. The zero-order valence-corrected chi connectivity index (χ0v) is 9.99. The standard InChI is InChI=1S/C12H17NO4/c1-16-10-4-8(3-9(14)11(10)15)5-12(17-2)6-13-7-12/h3-4,13-15H,5-7H2,1-2H3. The summed E-state index contributed by atoms with van der Waals surface area (Å²) >= 11 is 0. The van der Waals surface area contributed by atoms with Gasteiger partial charge in [0.1, 0.15) is 0 Å². The summed E-state index contributed by atoms with van der Waals surface area (Å²) in [6, 6.07) is 3.26. The topological polar surface area (TPSA) is 71.0 Å². The quantitative estimate of drug-likeness (QED) is 0.672. The van der Waals surface area contributed by atoms with Crippen LogP contribution < -0.4 is 10.1 Å². The molecule has 1 aliphatic heterocycles. The molecule has 2 rings (SSSR count). The molecule has 3 N–H and O–H groups in total. The van der Waals surface area contributed by atoms with Crippen LogP contribution in [0, 0.1) is 0 Å². The van der Waals surface area contributed by atoms with Gasteiger partial charge in [0.2, 0.25) is 5.75 Å². The molecule has 1 aliphatic rings. The summed E-state index contributed by atoms with van der Waals surface area (Å²) in [6.45, 7) is 1.57. The van der Waals surface area contributed by atoms with E-state index in [4.69, 9.17) is 9.47 Å². The lowest BCUT2D eigenvalue weighted by molar-refractivity contribution is -0.0502. The Morgan fingerprint density at radius 1 is 1.29 bits per heavy atom. The van der Waals surface area contributed by atoms with E-state index in [2.05, 4.69) is 5.32 Å². The Morgan fingerprint density at radius 2 is 2.00 bits per heavy atom. The monoisotopic (exact) mass is 239 g/mol. The van der Waals surface area contributed by atoms with E-state index >= 15 is 0 Å². The lowest BCUT2D eigenvalue weighted by Gasteiger charge is -2.41. The molecule has 0 amide bonds. The third-order valence-corrected chi connectivity index (χ3v) is 3.19. The zero-order chi connectivity index (χ0) is 12.5. The van der Waals surface area contributed by atoms with Crippen LogP contribution in [0.15, 0.2) is 12.1 Å². The predicted octanol–water partition coefficient (Wildman–Crippen LogP) is 0.637. The highest BCUT2D eigenvalue weighted by molar-refractivity contribution is 5.52. The Kier molecular flexibility index (Phi) is 3.13. The van der Waals surface area contributed by atoms with Gasteiger partial charge in [-0.05, 0) is 17.7 Å². The minimum absolute atomic E-state index is 0.169. The molecule has 0 radical (unpaired) electrons. The van der Waals surface area contributed by atoms with E-state index in [0.29, 0.717) is 6.42 Å². The van der Waals surface area contributed by atoms with Gasteiger partial charge in [0.15, 0.2) is 11.5 Å². The van der Waals surface area contributed by atoms with Gasteiger partial charge in [0.05, 0.1) is 12.7 Å². The van der Waals surface area contributed by atoms with Crippen LogP contribution in [-0.4, -0.2) is 43.1 Å². The third-order valence-electron chi connectivity index (χ3n) is 3.19. The fourth-order valence-corrected chi connectivity index (χ4v) is 2.02. The van der Waals surface area contributed by atoms with Gasteiger partial charge in [-0.15, -0.1) is 0 Å². The molecule has 0 saturated carbocycles. The van der Waals surface area contributed by atoms with Crippen LogP contribution in [0.3, 0.4) is 0 Å². The van der Waals surface area contributed by atoms with E-state index in [1.54, 1.807) is 13.2 Å². The van der Waals surface area contributed by atoms with Crippen molar-refractivity contribution >= 4 is 0 Å². The highest BCUT2D eigenvalue weighted by atomic mass is 16.5. The van der Waals surface area contributed by atoms with E-state index in [9.17, 15) is 10.2 Å². The number of hydrogen-bond donors (Lipinski definition) is 3. The fourth-order valence-electron chi connectivity index (χ4n) is 2.02. The van der Waals surface area contributed by atoms with Crippen LogP contribution in [0.4, 0.5) is 0 Å². The minimum Gasteiger partial charge on any atom is -0.504 e. The molecule has 5 nitrogen and oxygen atoms in total. The number of aromatic hydroxyl groups is 2. The number of methoxy groups -OCH3 is 2. The number of ether oxygens (including phenoxy) is 2. The van der Waals surface area contributed by atoms with Crippen molar-refractivity contribution in [3.05, 3.63) is 17.7 Å². The number of benzene rings is 1. The normalized spacial score (nSPS) is 17.5. The van der Waals surface area contributed by atoms with Gasteiger partial charge in [-0.1, -0.05) is 0 Å². The van der Waals surface area contributed by atoms with Crippen LogP contribution in [-0.2, 0) is 11.2 Å². The summed E-state index contributed by atoms with van der Waals surface area (Å²) < 4.78 is 10.5. The Bertz CT molecular complexity index is 410. The average Bonchev–Trinajstić information content (AvgIpc) is 2.28. The maximum atomic E-state index is 9.59. The van der Waals surface area contributed by atoms with E-state index in [-0.39, 0.29) is 22.8 Å². The van der Waals surface area contributed by atoms with Crippen LogP contribution in [0.2, 0.25) is 0 Å². The van der Waals surface area contributed by atoms with Gasteiger partial charge < -0.3 is 25.0 Å². The SMILES string of the molecule is COc1cc(CC2(OC)CNC2)cc(O)c1O. The first-order valence-electron chi connectivity index (χ1n) is 5.45. The van der Waals surface area contributed by atoms with Gasteiger partial charge in [0, 0.05) is 26.6 Å². The van der Waals surface area contributed by atoms with Crippen molar-refractivity contribution in [2.45, 2.75) is 12.0 Å². The molecule has 94 valence electrons. The van der Waals surface area contributed by atoms with Crippen LogP contribution in [0.1, 0.15) is 5.56 Å². The first kappa shape index (κ1) is 12.0. The van der Waals surface area contributed by atoms with E-state index in [1.165, 1.54) is 13.2 Å². The van der Waals surface area contributed by atoms with Crippen molar-refractivity contribution in [1.29, 1.82) is 0 Å². The number of phenolic OH excluding ortho intramolecular Hbond substituents is 2. The van der Waals surface area contributed by atoms with E-state index in [0.717, 1.165) is 18.7 Å². The molecule has 0 bridgehead atoms. The van der Waals surface area contributed by atoms with E-state index in [1.807, 2.05) is 0 Å². The summed E-state index contributed by atoms with van der Waals surface area (Å²) in [7, 11) is 3.13. The van der Waals surface area contributed by atoms with Crippen molar-refractivity contribution in [3.63, 3.8) is 0 Å². The molecule has 17 heavy (non-hydrogen) atoms. The van der Waals surface area contributed by atoms with Gasteiger partial charge in [0.25, 0.3) is 0 Å². The second-order valence-electron chi connectivity index (χ2n) is 4.33. The lowest BCUT2D eigenvalue weighted by Crippen LogP contribution is -2.61. The Balaban J connectivity index is 2.24. The van der Waals surface area contributed by atoms with Crippen LogP contribution in [0.25, 0.3) is 0 Å². The fraction of sp³-hybridized carbons (Fsp3) is 0.500. The lowest BCUT2D eigenvalue weighted by atomic mass is 9.88. The second kappa shape index (κ2) is 4.43. The predicted molar refractivity (Wildman–Crippen MR) is 62.6 cm³/mol. The van der Waals surface area contributed by atoms with Crippen molar-refractivity contribution in [3.8, 4) is 17.2 Å². The smallest absolute Gasteiger partial charge is 0.200 e. The van der Waals surface area contributed by atoms with Gasteiger partial charge in [-0.3, -0.25) is 0 Å². The molecule has 0 aliphatic carbocycles. The number of rotatable bonds is 4. The van der Waals surface area contributed by atoms with E-state index < -0.39 is 0 Å². The summed E-state index contributed by atoms with van der Waals surface area (Å²) in [5, 5.41) is 22.3. The highest BCUT2D eigenvalue weighted by Crippen LogP contribution is 2.37. The van der Waals surface area contributed by atoms with Crippen LogP contribution in [0.5, 0.6) is 17.2 Å². The molecule has 1 fully saturated rings. The molecular weight excluding hydrogens is 222 g/mol. The maximum absolute atomic E-state index is 9.59. The second-order valence-corrected chi connectivity index (χ2v) is 4.33. The summed E-state index contributed by atoms with van der Waals surface area (Å²) in [6.07, 6.45) is 0.667. The highest BCUT2D eigenvalue weighted by Gasteiger charge is 2.37. The molecule has 1 aromatic carbocycles. The zero-order valence-electron chi connectivity index (χ0n) is 9.99. The molecule has 1 saturated heterocycles. The van der Waals surface area contributed by atoms with Crippen molar-refractivity contribution in [2.75, 3.05) is 27.3 Å². The van der Waals surface area contributed by atoms with Gasteiger partial charge in [-0.2, -0.15) is 0 Å². The van der Waals surface area contributed by atoms with Crippen molar-refractivity contribution in [1.82, 2.24) is 5.32 Å². The molecule has 1 heterocycles. The first-order valence-corrected chi connectivity index (χ1v) is 5.45. The molecule has 0 spiro atoms. The molecular formula is C12H17NO4. The first-order chi connectivity index (χ1) is 8.10. The Hall–Kier alpha value is -1.46. The van der Waals surface area contributed by atoms with Gasteiger partial charge >= 0.3 is 0 Å². The van der Waals surface area contributed by atoms with Gasteiger partial charge in [-0.25, -0.2) is 0 Å². The molecule has 0 atom stereocenters. The summed E-state index contributed by atoms with van der Waals surface area (Å²) in [4.78, 5) is 0. The van der Waals surface area contributed by atoms with Crippen molar-refractivity contribution in [2.24, 2.45) is 0 Å². The molecule has 0 unspecified atom stereocenters. The average molecular weight is 239 g/mol. The van der Waals surface area contributed by atoms with Crippen LogP contribution >= 0.6 is 0 Å². The summed E-state index contributed by atoms with van der Waals surface area (Å²) in [5.74, 6) is -0.120. The molecule has 5 heteroatoms. The Morgan fingerprint density at radius 3 is 2.47 bits per heavy atom. The largest absolute Gasteiger partial charge is 0.504 e. The maximum Gasteiger partial charge on any atom is 0.200 e. The Labute approximate surface area is 100.0 Å². The molecule has 0 aromatic heterocycles. The minimum atomic E-state index is -0.227. The number of nitrogens with one attached hydrogen (secondary N) is 1. The summed E-state index contributed by atoms with van der Waals surface area (Å²) in [5.41, 5.74) is 0.662.